The number of aryl methyl sites for hydroxylation is 1. The Bertz CT molecular complexity index is 880. The molecule has 1 saturated heterocycles. The number of piperazine rings is 1. The highest BCUT2D eigenvalue weighted by Crippen LogP contribution is 2.18. The van der Waals surface area contributed by atoms with Gasteiger partial charge in [-0.1, -0.05) is 18.2 Å². The number of H-pyrrole nitrogens is 1. The number of aromatic amines is 1. The maximum atomic E-state index is 12.8. The van der Waals surface area contributed by atoms with Crippen LogP contribution in [-0.2, 0) is 11.2 Å². The minimum absolute atomic E-state index is 0.0936. The molecular weight excluding hydrogens is 364 g/mol. The first-order valence-corrected chi connectivity index (χ1v) is 10.6. The number of rotatable bonds is 7. The van der Waals surface area contributed by atoms with Crippen LogP contribution in [-0.4, -0.2) is 77.9 Å². The third-order valence-corrected chi connectivity index (χ3v) is 5.91. The molecule has 1 aliphatic rings. The summed E-state index contributed by atoms with van der Waals surface area (Å²) in [7, 11) is 4.20. The molecule has 0 spiro atoms. The maximum Gasteiger partial charge on any atom is 0.251 e. The van der Waals surface area contributed by atoms with Gasteiger partial charge < -0.3 is 14.8 Å². The molecule has 0 radical (unpaired) electrons. The fourth-order valence-corrected chi connectivity index (χ4v) is 4.35. The number of pyridine rings is 1. The first-order chi connectivity index (χ1) is 13.8. The summed E-state index contributed by atoms with van der Waals surface area (Å²) in [6, 6.07) is 10.4. The van der Waals surface area contributed by atoms with E-state index >= 15 is 0 Å². The lowest BCUT2D eigenvalue weighted by atomic mass is 10.0. The molecule has 0 aliphatic carbocycles. The van der Waals surface area contributed by atoms with Gasteiger partial charge in [0, 0.05) is 49.2 Å². The van der Waals surface area contributed by atoms with Crippen LogP contribution in [0.4, 0.5) is 0 Å². The predicted molar refractivity (Wildman–Crippen MR) is 118 cm³/mol. The van der Waals surface area contributed by atoms with E-state index in [0.717, 1.165) is 43.5 Å². The fourth-order valence-electron chi connectivity index (χ4n) is 4.35. The number of hydrogen-bond acceptors (Lipinski definition) is 4. The van der Waals surface area contributed by atoms with E-state index in [1.165, 1.54) is 0 Å². The summed E-state index contributed by atoms with van der Waals surface area (Å²) in [4.78, 5) is 34.8. The van der Waals surface area contributed by atoms with Gasteiger partial charge in [0.15, 0.2) is 0 Å². The Morgan fingerprint density at radius 3 is 2.55 bits per heavy atom. The molecular formula is C23H34N4O2. The van der Waals surface area contributed by atoms with Crippen molar-refractivity contribution in [3.63, 3.8) is 0 Å². The van der Waals surface area contributed by atoms with Crippen molar-refractivity contribution in [1.82, 2.24) is 19.7 Å². The van der Waals surface area contributed by atoms with Gasteiger partial charge >= 0.3 is 0 Å². The lowest BCUT2D eigenvalue weighted by Crippen LogP contribution is -2.58. The zero-order valence-electron chi connectivity index (χ0n) is 18.1. The summed E-state index contributed by atoms with van der Waals surface area (Å²) in [6.07, 6.45) is 1.99. The molecule has 29 heavy (non-hydrogen) atoms. The summed E-state index contributed by atoms with van der Waals surface area (Å²) in [5, 5.41) is 1.00. The van der Waals surface area contributed by atoms with Crippen molar-refractivity contribution in [3.05, 3.63) is 46.2 Å². The molecule has 0 saturated carbocycles. The van der Waals surface area contributed by atoms with Gasteiger partial charge in [-0.25, -0.2) is 0 Å². The number of nitrogens with zero attached hydrogens (tertiary/aromatic N) is 3. The lowest BCUT2D eigenvalue weighted by Gasteiger charge is -2.44. The molecule has 1 aromatic carbocycles. The van der Waals surface area contributed by atoms with Crippen LogP contribution >= 0.6 is 0 Å². The van der Waals surface area contributed by atoms with Crippen LogP contribution in [0.5, 0.6) is 0 Å². The minimum Gasteiger partial charge on any atom is -0.340 e. The van der Waals surface area contributed by atoms with Gasteiger partial charge in [-0.2, -0.15) is 0 Å². The number of para-hydroxylation sites is 1. The third-order valence-electron chi connectivity index (χ3n) is 5.91. The number of aromatic nitrogens is 1. The molecule has 2 aromatic rings. The van der Waals surface area contributed by atoms with Crippen LogP contribution in [0, 0.1) is 0 Å². The SMILES string of the molecule is CC1CN(C(=O)CCc2cc3ccccc3[nH]c2=O)CC(C)N1CCCN(C)C. The molecule has 2 atom stereocenters. The highest BCUT2D eigenvalue weighted by Gasteiger charge is 2.31. The van der Waals surface area contributed by atoms with E-state index in [1.807, 2.05) is 35.2 Å². The van der Waals surface area contributed by atoms with Gasteiger partial charge in [0.25, 0.3) is 5.56 Å². The van der Waals surface area contributed by atoms with Crippen molar-refractivity contribution in [2.45, 2.75) is 45.2 Å². The van der Waals surface area contributed by atoms with Crippen LogP contribution in [0.3, 0.4) is 0 Å². The van der Waals surface area contributed by atoms with Gasteiger partial charge in [0.05, 0.1) is 0 Å². The molecule has 2 heterocycles. The molecule has 6 nitrogen and oxygen atoms in total. The van der Waals surface area contributed by atoms with Crippen molar-refractivity contribution in [1.29, 1.82) is 0 Å². The van der Waals surface area contributed by atoms with Crippen molar-refractivity contribution >= 4 is 16.8 Å². The Morgan fingerprint density at radius 1 is 1.17 bits per heavy atom. The molecule has 1 aliphatic heterocycles. The maximum absolute atomic E-state index is 12.8. The molecule has 2 unspecified atom stereocenters. The Morgan fingerprint density at radius 2 is 1.86 bits per heavy atom. The second kappa shape index (κ2) is 9.55. The van der Waals surface area contributed by atoms with Crippen molar-refractivity contribution < 1.29 is 4.79 Å². The molecule has 3 rings (SSSR count). The van der Waals surface area contributed by atoms with Crippen LogP contribution in [0.25, 0.3) is 10.9 Å². The second-order valence-corrected chi connectivity index (χ2v) is 8.60. The van der Waals surface area contributed by atoms with E-state index < -0.39 is 0 Å². The van der Waals surface area contributed by atoms with Gasteiger partial charge in [-0.05, 0) is 64.8 Å². The van der Waals surface area contributed by atoms with E-state index in [9.17, 15) is 9.59 Å². The second-order valence-electron chi connectivity index (χ2n) is 8.60. The topological polar surface area (TPSA) is 59.7 Å². The number of nitrogens with one attached hydrogen (secondary N) is 1. The summed E-state index contributed by atoms with van der Waals surface area (Å²) in [6.45, 7) is 8.09. The standard InChI is InChI=1S/C23H34N4O2/c1-17-15-26(16-18(2)27(17)13-7-12-25(3)4)22(28)11-10-20-14-19-8-5-6-9-21(19)24-23(20)29/h5-6,8-9,14,17-18H,7,10-13,15-16H2,1-4H3,(H,24,29). The Kier molecular flexibility index (Phi) is 7.09. The molecule has 6 heteroatoms. The normalized spacial score (nSPS) is 20.5. The summed E-state index contributed by atoms with van der Waals surface area (Å²) < 4.78 is 0. The summed E-state index contributed by atoms with van der Waals surface area (Å²) in [5.41, 5.74) is 1.42. The number of carbonyl (C=O) groups excluding carboxylic acids is 1. The Labute approximate surface area is 173 Å². The van der Waals surface area contributed by atoms with Gasteiger partial charge in [-0.15, -0.1) is 0 Å². The van der Waals surface area contributed by atoms with Crippen molar-refractivity contribution in [2.24, 2.45) is 0 Å². The third kappa shape index (κ3) is 5.46. The minimum atomic E-state index is -0.0936. The molecule has 1 N–H and O–H groups in total. The summed E-state index contributed by atoms with van der Waals surface area (Å²) >= 11 is 0. The fraction of sp³-hybridized carbons (Fsp3) is 0.565. The number of fused-ring (bicyclic) bond motifs is 1. The summed E-state index contributed by atoms with van der Waals surface area (Å²) in [5.74, 6) is 0.143. The number of amides is 1. The quantitative estimate of drug-likeness (QED) is 0.778. The number of benzene rings is 1. The highest BCUT2D eigenvalue weighted by molar-refractivity contribution is 5.79. The first-order valence-electron chi connectivity index (χ1n) is 10.6. The molecule has 0 bridgehead atoms. The average Bonchev–Trinajstić information content (AvgIpc) is 2.67. The predicted octanol–water partition coefficient (Wildman–Crippen LogP) is 2.33. The monoisotopic (exact) mass is 398 g/mol. The highest BCUT2D eigenvalue weighted by atomic mass is 16.2. The Hall–Kier alpha value is -2.18. The molecule has 1 aromatic heterocycles. The lowest BCUT2D eigenvalue weighted by molar-refractivity contribution is -0.135. The van der Waals surface area contributed by atoms with Crippen LogP contribution in [0.15, 0.2) is 35.1 Å². The van der Waals surface area contributed by atoms with Crippen LogP contribution in [0.1, 0.15) is 32.3 Å². The zero-order valence-corrected chi connectivity index (χ0v) is 18.1. The van der Waals surface area contributed by atoms with E-state index in [-0.39, 0.29) is 11.5 Å². The van der Waals surface area contributed by atoms with Gasteiger partial charge in [-0.3, -0.25) is 14.5 Å². The van der Waals surface area contributed by atoms with Gasteiger partial charge in [0.2, 0.25) is 5.91 Å². The zero-order chi connectivity index (χ0) is 21.0. The van der Waals surface area contributed by atoms with Crippen molar-refractivity contribution in [2.75, 3.05) is 40.3 Å². The smallest absolute Gasteiger partial charge is 0.251 e. The van der Waals surface area contributed by atoms with Crippen LogP contribution < -0.4 is 5.56 Å². The largest absolute Gasteiger partial charge is 0.340 e. The molecule has 1 fully saturated rings. The first kappa shape index (κ1) is 21.5. The Balaban J connectivity index is 1.56. The van der Waals surface area contributed by atoms with E-state index in [2.05, 4.69) is 42.7 Å². The number of carbonyl (C=O) groups is 1. The van der Waals surface area contributed by atoms with Crippen LogP contribution in [0.2, 0.25) is 0 Å². The van der Waals surface area contributed by atoms with Gasteiger partial charge in [0.1, 0.15) is 0 Å². The number of hydrogen-bond donors (Lipinski definition) is 1. The average molecular weight is 399 g/mol. The van der Waals surface area contributed by atoms with E-state index in [4.69, 9.17) is 0 Å². The molecule has 1 amide bonds. The van der Waals surface area contributed by atoms with E-state index in [1.54, 1.807) is 0 Å². The van der Waals surface area contributed by atoms with E-state index in [0.29, 0.717) is 30.5 Å². The van der Waals surface area contributed by atoms with Crippen molar-refractivity contribution in [3.8, 4) is 0 Å². The molecule has 158 valence electrons.